The summed E-state index contributed by atoms with van der Waals surface area (Å²) in [6.45, 7) is 4.92. The number of nitrogens with zero attached hydrogens (tertiary/aromatic N) is 1. The van der Waals surface area contributed by atoms with Crippen LogP contribution in [0.2, 0.25) is 0 Å². The number of hydrogen-bond donors (Lipinski definition) is 2. The van der Waals surface area contributed by atoms with Gasteiger partial charge in [0.05, 0.1) is 12.5 Å². The van der Waals surface area contributed by atoms with Gasteiger partial charge in [-0.2, -0.15) is 0 Å². The maximum Gasteiger partial charge on any atom is 0.239 e. The van der Waals surface area contributed by atoms with Crippen LogP contribution in [0, 0.1) is 0 Å². The van der Waals surface area contributed by atoms with Gasteiger partial charge >= 0.3 is 0 Å². The van der Waals surface area contributed by atoms with E-state index in [9.17, 15) is 9.59 Å². The van der Waals surface area contributed by atoms with Gasteiger partial charge in [0, 0.05) is 13.1 Å². The van der Waals surface area contributed by atoms with E-state index in [1.54, 1.807) is 4.90 Å². The molecule has 0 heterocycles. The second-order valence-corrected chi connectivity index (χ2v) is 2.79. The van der Waals surface area contributed by atoms with Gasteiger partial charge in [0.1, 0.15) is 0 Å². The minimum absolute atomic E-state index is 0.0880. The molecule has 5 heteroatoms. The van der Waals surface area contributed by atoms with Crippen LogP contribution in [0.5, 0.6) is 0 Å². The molecule has 0 radical (unpaired) electrons. The smallest absolute Gasteiger partial charge is 0.239 e. The van der Waals surface area contributed by atoms with Crippen molar-refractivity contribution in [2.24, 2.45) is 11.5 Å². The Kier molecular flexibility index (Phi) is 5.06. The predicted octanol–water partition coefficient (Wildman–Crippen LogP) is -0.942. The van der Waals surface area contributed by atoms with E-state index in [1.807, 2.05) is 13.8 Å². The number of carbonyl (C=O) groups excluding carboxylic acids is 2. The molecule has 4 N–H and O–H groups in total. The number of rotatable bonds is 5. The first kappa shape index (κ1) is 11.9. The zero-order chi connectivity index (χ0) is 10.4. The van der Waals surface area contributed by atoms with E-state index in [2.05, 4.69) is 0 Å². The monoisotopic (exact) mass is 187 g/mol. The van der Waals surface area contributed by atoms with E-state index >= 15 is 0 Å². The molecule has 0 aromatic heterocycles. The molecule has 0 aromatic rings. The van der Waals surface area contributed by atoms with Crippen LogP contribution >= 0.6 is 0 Å². The van der Waals surface area contributed by atoms with Crippen molar-refractivity contribution in [3.63, 3.8) is 0 Å². The normalized spacial score (nSPS) is 12.2. The van der Waals surface area contributed by atoms with Crippen LogP contribution in [0.3, 0.4) is 0 Å². The predicted molar refractivity (Wildman–Crippen MR) is 49.7 cm³/mol. The van der Waals surface area contributed by atoms with Crippen LogP contribution in [-0.2, 0) is 9.59 Å². The molecule has 0 aliphatic rings. The highest BCUT2D eigenvalue weighted by Gasteiger charge is 2.19. The highest BCUT2D eigenvalue weighted by atomic mass is 16.2. The van der Waals surface area contributed by atoms with Crippen molar-refractivity contribution in [2.75, 3.05) is 13.1 Å². The Morgan fingerprint density at radius 3 is 2.08 bits per heavy atom. The summed E-state index contributed by atoms with van der Waals surface area (Å²) < 4.78 is 0. The number of likely N-dealkylation sites (N-methyl/N-ethyl adjacent to an activating group) is 1. The second kappa shape index (κ2) is 5.53. The van der Waals surface area contributed by atoms with Crippen molar-refractivity contribution in [3.8, 4) is 0 Å². The van der Waals surface area contributed by atoms with Gasteiger partial charge < -0.3 is 16.4 Å². The van der Waals surface area contributed by atoms with E-state index in [0.29, 0.717) is 13.1 Å². The fourth-order valence-electron chi connectivity index (χ4n) is 1.07. The first-order valence-electron chi connectivity index (χ1n) is 4.35. The zero-order valence-corrected chi connectivity index (χ0v) is 8.12. The minimum Gasteiger partial charge on any atom is -0.370 e. The van der Waals surface area contributed by atoms with E-state index in [4.69, 9.17) is 11.5 Å². The minimum atomic E-state index is -0.794. The Morgan fingerprint density at radius 1 is 1.31 bits per heavy atom. The Hall–Kier alpha value is -1.10. The molecule has 76 valence electrons. The fraction of sp³-hybridized carbons (Fsp3) is 0.750. The molecule has 0 aliphatic heterocycles. The molecule has 0 saturated heterocycles. The van der Waals surface area contributed by atoms with Crippen LogP contribution in [-0.4, -0.2) is 35.8 Å². The molecule has 1 atom stereocenters. The standard InChI is InChI=1S/C8H17N3O2/c1-3-11(4-2)8(13)6(9)5-7(10)12/h6H,3-5,9H2,1-2H3,(H2,10,12). The lowest BCUT2D eigenvalue weighted by atomic mass is 10.2. The van der Waals surface area contributed by atoms with Gasteiger partial charge in [0.2, 0.25) is 11.8 Å². The average molecular weight is 187 g/mol. The summed E-state index contributed by atoms with van der Waals surface area (Å²) in [5, 5.41) is 0. The van der Waals surface area contributed by atoms with Crippen molar-refractivity contribution in [1.29, 1.82) is 0 Å². The van der Waals surface area contributed by atoms with E-state index in [1.165, 1.54) is 0 Å². The van der Waals surface area contributed by atoms with Crippen molar-refractivity contribution >= 4 is 11.8 Å². The van der Waals surface area contributed by atoms with Crippen LogP contribution in [0.1, 0.15) is 20.3 Å². The number of primary amides is 1. The molecule has 0 saturated carbocycles. The van der Waals surface area contributed by atoms with Gasteiger partial charge in [0.15, 0.2) is 0 Å². The van der Waals surface area contributed by atoms with Crippen molar-refractivity contribution in [2.45, 2.75) is 26.3 Å². The third-order valence-electron chi connectivity index (χ3n) is 1.81. The van der Waals surface area contributed by atoms with Gasteiger partial charge in [-0.25, -0.2) is 0 Å². The van der Waals surface area contributed by atoms with E-state index in [-0.39, 0.29) is 12.3 Å². The van der Waals surface area contributed by atoms with E-state index < -0.39 is 11.9 Å². The zero-order valence-electron chi connectivity index (χ0n) is 8.12. The van der Waals surface area contributed by atoms with E-state index in [0.717, 1.165) is 0 Å². The third-order valence-corrected chi connectivity index (χ3v) is 1.81. The summed E-state index contributed by atoms with van der Waals surface area (Å²) in [5.74, 6) is -0.767. The molecule has 2 amide bonds. The fourth-order valence-corrected chi connectivity index (χ4v) is 1.07. The van der Waals surface area contributed by atoms with Crippen molar-refractivity contribution in [3.05, 3.63) is 0 Å². The maximum atomic E-state index is 11.4. The van der Waals surface area contributed by atoms with Crippen molar-refractivity contribution in [1.82, 2.24) is 4.90 Å². The van der Waals surface area contributed by atoms with Gasteiger partial charge in [-0.05, 0) is 13.8 Å². The average Bonchev–Trinajstić information content (AvgIpc) is 2.05. The Balaban J connectivity index is 4.14. The highest BCUT2D eigenvalue weighted by Crippen LogP contribution is 1.96. The van der Waals surface area contributed by atoms with Gasteiger partial charge in [-0.1, -0.05) is 0 Å². The number of nitrogens with two attached hydrogens (primary N) is 2. The first-order chi connectivity index (χ1) is 6.02. The lowest BCUT2D eigenvalue weighted by molar-refractivity contribution is -0.134. The molecule has 13 heavy (non-hydrogen) atoms. The topological polar surface area (TPSA) is 89.4 Å². The molecule has 0 spiro atoms. The van der Waals surface area contributed by atoms with Crippen LogP contribution in [0.15, 0.2) is 0 Å². The molecule has 0 bridgehead atoms. The second-order valence-electron chi connectivity index (χ2n) is 2.79. The lowest BCUT2D eigenvalue weighted by Crippen LogP contribution is -2.45. The summed E-state index contributed by atoms with van der Waals surface area (Å²) in [6, 6.07) is -0.794. The third kappa shape index (κ3) is 3.89. The molecule has 5 nitrogen and oxygen atoms in total. The van der Waals surface area contributed by atoms with Crippen LogP contribution in [0.4, 0.5) is 0 Å². The lowest BCUT2D eigenvalue weighted by Gasteiger charge is -2.21. The Morgan fingerprint density at radius 2 is 1.77 bits per heavy atom. The SMILES string of the molecule is CCN(CC)C(=O)C(N)CC(N)=O. The molecule has 0 rings (SSSR count). The number of amides is 2. The molecule has 0 aliphatic carbocycles. The number of carbonyl (C=O) groups is 2. The number of hydrogen-bond acceptors (Lipinski definition) is 3. The Labute approximate surface area is 78.1 Å². The molecular weight excluding hydrogens is 170 g/mol. The maximum absolute atomic E-state index is 11.4. The molecule has 1 unspecified atom stereocenters. The van der Waals surface area contributed by atoms with Crippen LogP contribution < -0.4 is 11.5 Å². The van der Waals surface area contributed by atoms with Gasteiger partial charge in [-0.15, -0.1) is 0 Å². The van der Waals surface area contributed by atoms with Gasteiger partial charge in [0.25, 0.3) is 0 Å². The van der Waals surface area contributed by atoms with Gasteiger partial charge in [-0.3, -0.25) is 9.59 Å². The molecule has 0 aromatic carbocycles. The summed E-state index contributed by atoms with van der Waals surface area (Å²) in [5.41, 5.74) is 10.4. The quantitative estimate of drug-likeness (QED) is 0.582. The summed E-state index contributed by atoms with van der Waals surface area (Å²) >= 11 is 0. The van der Waals surface area contributed by atoms with Crippen molar-refractivity contribution < 1.29 is 9.59 Å². The summed E-state index contributed by atoms with van der Waals surface area (Å²) in [7, 11) is 0. The summed E-state index contributed by atoms with van der Waals surface area (Å²) in [6.07, 6.45) is -0.0880. The Bertz CT molecular complexity index is 190. The molecule has 0 fully saturated rings. The first-order valence-corrected chi connectivity index (χ1v) is 4.35. The van der Waals surface area contributed by atoms with Crippen LogP contribution in [0.25, 0.3) is 0 Å². The summed E-state index contributed by atoms with van der Waals surface area (Å²) in [4.78, 5) is 23.5. The largest absolute Gasteiger partial charge is 0.370 e. The molecular formula is C8H17N3O2. The highest BCUT2D eigenvalue weighted by molar-refractivity contribution is 5.87.